The molecule has 0 atom stereocenters. The second-order valence-corrected chi connectivity index (χ2v) is 13.7. The molecule has 0 amide bonds. The molecule has 10 aromatic rings. The van der Waals surface area contributed by atoms with Crippen LogP contribution >= 0.6 is 0 Å². The quantitative estimate of drug-likeness (QED) is 0.166. The van der Waals surface area contributed by atoms with Crippen molar-refractivity contribution >= 4 is 49.8 Å². The molecule has 0 unspecified atom stereocenters. The van der Waals surface area contributed by atoms with Crippen LogP contribution in [0.1, 0.15) is 0 Å². The minimum Gasteiger partial charge on any atom is -0.455 e. The summed E-state index contributed by atoms with van der Waals surface area (Å²) in [5.74, 6) is 0. The van der Waals surface area contributed by atoms with Gasteiger partial charge in [-0.15, -0.1) is 0 Å². The van der Waals surface area contributed by atoms with E-state index in [0.29, 0.717) is 0 Å². The third-order valence-corrected chi connectivity index (χ3v) is 10.5. The molecule has 0 bridgehead atoms. The smallest absolute Gasteiger partial charge is 0.143 e. The first-order valence-corrected chi connectivity index (χ1v) is 18.4. The summed E-state index contributed by atoms with van der Waals surface area (Å²) >= 11 is 0. The summed E-state index contributed by atoms with van der Waals surface area (Å²) in [6.07, 6.45) is 0. The molecule has 0 fully saturated rings. The standard InChI is InChI=1S/C52H35NO/c1-3-14-36(15-4-1)37-28-31-42(32-29-37)53(43-21-11-20-40(34-43)47-25-13-26-49-48-23-9-10-27-51(48)54-52(47)49)50-35-41(30-33-46(50)39-16-5-2-6-17-39)45-24-12-19-38-18-7-8-22-44(38)45/h1-35H. The lowest BCUT2D eigenvalue weighted by Crippen LogP contribution is -2.11. The maximum absolute atomic E-state index is 6.53. The van der Waals surface area contributed by atoms with E-state index >= 15 is 0 Å². The zero-order chi connectivity index (χ0) is 35.8. The second kappa shape index (κ2) is 13.4. The van der Waals surface area contributed by atoms with Gasteiger partial charge in [-0.25, -0.2) is 0 Å². The first-order valence-electron chi connectivity index (χ1n) is 18.4. The summed E-state index contributed by atoms with van der Waals surface area (Å²) in [6, 6.07) is 76.0. The van der Waals surface area contributed by atoms with Crippen molar-refractivity contribution in [2.75, 3.05) is 4.90 Å². The van der Waals surface area contributed by atoms with Crippen LogP contribution in [0.4, 0.5) is 17.1 Å². The minimum atomic E-state index is 0.897. The summed E-state index contributed by atoms with van der Waals surface area (Å²) in [4.78, 5) is 2.41. The van der Waals surface area contributed by atoms with Crippen LogP contribution in [0.25, 0.3) is 77.2 Å². The number of hydrogen-bond donors (Lipinski definition) is 0. The summed E-state index contributed by atoms with van der Waals surface area (Å²) in [6.45, 7) is 0. The number of para-hydroxylation sites is 2. The van der Waals surface area contributed by atoms with Crippen LogP contribution in [-0.2, 0) is 0 Å². The van der Waals surface area contributed by atoms with Crippen molar-refractivity contribution in [3.8, 4) is 44.5 Å². The van der Waals surface area contributed by atoms with E-state index in [2.05, 4.69) is 205 Å². The van der Waals surface area contributed by atoms with Crippen molar-refractivity contribution in [2.24, 2.45) is 0 Å². The molecule has 0 saturated carbocycles. The molecule has 2 heteroatoms. The maximum Gasteiger partial charge on any atom is 0.143 e. The Morgan fingerprint density at radius 1 is 0.315 bits per heavy atom. The zero-order valence-corrected chi connectivity index (χ0v) is 29.6. The van der Waals surface area contributed by atoms with Crippen LogP contribution in [0.3, 0.4) is 0 Å². The minimum absolute atomic E-state index is 0.897. The van der Waals surface area contributed by atoms with Crippen LogP contribution in [-0.4, -0.2) is 0 Å². The Bertz CT molecular complexity index is 2920. The molecule has 0 saturated heterocycles. The highest BCUT2D eigenvalue weighted by Crippen LogP contribution is 2.45. The fraction of sp³-hybridized carbons (Fsp3) is 0. The third kappa shape index (κ3) is 5.62. The fourth-order valence-corrected chi connectivity index (χ4v) is 7.87. The van der Waals surface area contributed by atoms with E-state index in [4.69, 9.17) is 4.42 Å². The number of fused-ring (bicyclic) bond motifs is 4. The van der Waals surface area contributed by atoms with E-state index < -0.39 is 0 Å². The van der Waals surface area contributed by atoms with Gasteiger partial charge in [0.2, 0.25) is 0 Å². The van der Waals surface area contributed by atoms with Gasteiger partial charge in [0.1, 0.15) is 11.2 Å². The molecule has 254 valence electrons. The highest BCUT2D eigenvalue weighted by atomic mass is 16.3. The highest BCUT2D eigenvalue weighted by molar-refractivity contribution is 6.09. The van der Waals surface area contributed by atoms with E-state index in [1.54, 1.807) is 0 Å². The molecule has 1 aromatic heterocycles. The van der Waals surface area contributed by atoms with E-state index in [-0.39, 0.29) is 0 Å². The Morgan fingerprint density at radius 2 is 0.889 bits per heavy atom. The SMILES string of the molecule is c1ccc(-c2ccc(N(c3cccc(-c4cccc5c4oc4ccccc45)c3)c3cc(-c4cccc5ccccc45)ccc3-c3ccccc3)cc2)cc1. The van der Waals surface area contributed by atoms with Gasteiger partial charge in [0.25, 0.3) is 0 Å². The maximum atomic E-state index is 6.53. The molecule has 10 rings (SSSR count). The molecule has 0 N–H and O–H groups in total. The van der Waals surface area contributed by atoms with Crippen molar-refractivity contribution in [2.45, 2.75) is 0 Å². The van der Waals surface area contributed by atoms with Crippen molar-refractivity contribution in [1.29, 1.82) is 0 Å². The van der Waals surface area contributed by atoms with Crippen LogP contribution in [0, 0.1) is 0 Å². The van der Waals surface area contributed by atoms with Crippen LogP contribution in [0.15, 0.2) is 217 Å². The lowest BCUT2D eigenvalue weighted by atomic mass is 9.94. The molecule has 0 aliphatic rings. The van der Waals surface area contributed by atoms with Gasteiger partial charge in [-0.3, -0.25) is 0 Å². The lowest BCUT2D eigenvalue weighted by Gasteiger charge is -2.29. The van der Waals surface area contributed by atoms with Gasteiger partial charge in [-0.1, -0.05) is 176 Å². The van der Waals surface area contributed by atoms with Gasteiger partial charge in [0.05, 0.1) is 5.69 Å². The highest BCUT2D eigenvalue weighted by Gasteiger charge is 2.21. The van der Waals surface area contributed by atoms with Crippen LogP contribution < -0.4 is 4.90 Å². The monoisotopic (exact) mass is 689 g/mol. The second-order valence-electron chi connectivity index (χ2n) is 13.7. The molecular weight excluding hydrogens is 655 g/mol. The summed E-state index contributed by atoms with van der Waals surface area (Å²) < 4.78 is 6.53. The summed E-state index contributed by atoms with van der Waals surface area (Å²) in [5, 5.41) is 4.71. The van der Waals surface area contributed by atoms with E-state index in [9.17, 15) is 0 Å². The molecule has 54 heavy (non-hydrogen) atoms. The van der Waals surface area contributed by atoms with Crippen molar-refractivity contribution in [3.05, 3.63) is 212 Å². The first-order chi connectivity index (χ1) is 26.8. The van der Waals surface area contributed by atoms with E-state index in [1.807, 2.05) is 12.1 Å². The van der Waals surface area contributed by atoms with Crippen molar-refractivity contribution in [1.82, 2.24) is 0 Å². The van der Waals surface area contributed by atoms with E-state index in [0.717, 1.165) is 66.8 Å². The van der Waals surface area contributed by atoms with Gasteiger partial charge < -0.3 is 9.32 Å². The van der Waals surface area contributed by atoms with Crippen molar-refractivity contribution in [3.63, 3.8) is 0 Å². The van der Waals surface area contributed by atoms with Gasteiger partial charge in [-0.2, -0.15) is 0 Å². The Morgan fingerprint density at radius 3 is 1.72 bits per heavy atom. The van der Waals surface area contributed by atoms with E-state index in [1.165, 1.54) is 27.5 Å². The summed E-state index contributed by atoms with van der Waals surface area (Å²) in [5.41, 5.74) is 14.2. The topological polar surface area (TPSA) is 16.4 Å². The largest absolute Gasteiger partial charge is 0.455 e. The Kier molecular flexibility index (Phi) is 7.85. The lowest BCUT2D eigenvalue weighted by molar-refractivity contribution is 0.670. The Labute approximate surface area is 314 Å². The molecule has 0 radical (unpaired) electrons. The number of benzene rings is 9. The average molecular weight is 690 g/mol. The van der Waals surface area contributed by atoms with Crippen LogP contribution in [0.2, 0.25) is 0 Å². The molecule has 0 spiro atoms. The fourth-order valence-electron chi connectivity index (χ4n) is 7.87. The first kappa shape index (κ1) is 31.6. The number of hydrogen-bond acceptors (Lipinski definition) is 2. The number of anilines is 3. The zero-order valence-electron chi connectivity index (χ0n) is 29.6. The Balaban J connectivity index is 1.21. The molecule has 9 aromatic carbocycles. The summed E-state index contributed by atoms with van der Waals surface area (Å²) in [7, 11) is 0. The number of furan rings is 1. The predicted molar refractivity (Wildman–Crippen MR) is 228 cm³/mol. The van der Waals surface area contributed by atoms with Gasteiger partial charge in [-0.05, 0) is 80.6 Å². The average Bonchev–Trinajstić information content (AvgIpc) is 3.64. The Hall–Kier alpha value is -7.16. The predicted octanol–water partition coefficient (Wildman–Crippen LogP) is 14.9. The van der Waals surface area contributed by atoms with Gasteiger partial charge in [0.15, 0.2) is 0 Å². The van der Waals surface area contributed by atoms with Gasteiger partial charge in [0, 0.05) is 33.3 Å². The molecule has 0 aliphatic carbocycles. The number of rotatable bonds is 7. The van der Waals surface area contributed by atoms with Crippen molar-refractivity contribution < 1.29 is 4.42 Å². The molecule has 2 nitrogen and oxygen atoms in total. The number of nitrogens with zero attached hydrogens (tertiary/aromatic N) is 1. The van der Waals surface area contributed by atoms with Gasteiger partial charge >= 0.3 is 0 Å². The molecule has 1 heterocycles. The third-order valence-electron chi connectivity index (χ3n) is 10.5. The molecule has 0 aliphatic heterocycles. The van der Waals surface area contributed by atoms with Crippen LogP contribution in [0.5, 0.6) is 0 Å². The molecular formula is C52H35NO. The normalized spacial score (nSPS) is 11.3.